The number of aliphatic imine (C=N–C) groups is 1. The highest BCUT2D eigenvalue weighted by atomic mass is 127. The SMILES string of the molecule is CCC(CC)C1CCN(C(=NC)NCc2cccnc2N2CCC(C(N)=O)CC2)C1.I. The minimum absolute atomic E-state index is 0. The summed E-state index contributed by atoms with van der Waals surface area (Å²) >= 11 is 0. The van der Waals surface area contributed by atoms with Gasteiger partial charge in [-0.05, 0) is 37.2 Å². The molecule has 1 amide bonds. The van der Waals surface area contributed by atoms with Crippen LogP contribution in [-0.4, -0.2) is 55.0 Å². The average Bonchev–Trinajstić information content (AvgIpc) is 3.25. The molecule has 2 aliphatic rings. The summed E-state index contributed by atoms with van der Waals surface area (Å²) < 4.78 is 0. The van der Waals surface area contributed by atoms with Crippen molar-refractivity contribution in [3.8, 4) is 0 Å². The van der Waals surface area contributed by atoms with Crippen molar-refractivity contribution < 1.29 is 4.79 Å². The van der Waals surface area contributed by atoms with E-state index in [1.165, 1.54) is 19.3 Å². The van der Waals surface area contributed by atoms with Gasteiger partial charge >= 0.3 is 0 Å². The number of carbonyl (C=O) groups is 1. The fourth-order valence-corrected chi connectivity index (χ4v) is 5.06. The lowest BCUT2D eigenvalue weighted by Crippen LogP contribution is -2.41. The first-order chi connectivity index (χ1) is 14.6. The minimum atomic E-state index is -0.182. The molecule has 3 heterocycles. The number of pyridine rings is 1. The highest BCUT2D eigenvalue weighted by molar-refractivity contribution is 14.0. The number of rotatable bonds is 7. The molecule has 1 aromatic rings. The second-order valence-electron chi connectivity index (χ2n) is 8.62. The van der Waals surface area contributed by atoms with E-state index in [1.54, 1.807) is 0 Å². The van der Waals surface area contributed by atoms with Crippen LogP contribution in [0.25, 0.3) is 0 Å². The van der Waals surface area contributed by atoms with Crippen molar-refractivity contribution >= 4 is 41.7 Å². The van der Waals surface area contributed by atoms with Crippen LogP contribution in [0.4, 0.5) is 5.82 Å². The molecule has 3 N–H and O–H groups in total. The molecule has 3 rings (SSSR count). The third-order valence-electron chi connectivity index (χ3n) is 6.95. The summed E-state index contributed by atoms with van der Waals surface area (Å²) in [4.78, 5) is 25.3. The lowest BCUT2D eigenvalue weighted by atomic mass is 9.87. The van der Waals surface area contributed by atoms with Crippen molar-refractivity contribution in [3.05, 3.63) is 23.9 Å². The lowest BCUT2D eigenvalue weighted by molar-refractivity contribution is -0.122. The maximum absolute atomic E-state index is 11.5. The molecule has 1 aromatic heterocycles. The molecule has 8 heteroatoms. The van der Waals surface area contributed by atoms with Crippen LogP contribution in [-0.2, 0) is 11.3 Å². The van der Waals surface area contributed by atoms with Gasteiger partial charge in [0.2, 0.25) is 5.91 Å². The van der Waals surface area contributed by atoms with Gasteiger partial charge in [0.25, 0.3) is 0 Å². The van der Waals surface area contributed by atoms with Crippen LogP contribution >= 0.6 is 24.0 Å². The quantitative estimate of drug-likeness (QED) is 0.314. The van der Waals surface area contributed by atoms with E-state index in [-0.39, 0.29) is 35.8 Å². The van der Waals surface area contributed by atoms with Gasteiger partial charge in [0, 0.05) is 57.4 Å². The number of primary amides is 1. The number of hydrogen-bond acceptors (Lipinski definition) is 4. The smallest absolute Gasteiger partial charge is 0.220 e. The molecule has 2 aliphatic heterocycles. The number of aromatic nitrogens is 1. The summed E-state index contributed by atoms with van der Waals surface area (Å²) in [6.07, 6.45) is 7.20. The zero-order chi connectivity index (χ0) is 21.5. The predicted molar refractivity (Wildman–Crippen MR) is 138 cm³/mol. The maximum atomic E-state index is 11.5. The highest BCUT2D eigenvalue weighted by Gasteiger charge is 2.29. The van der Waals surface area contributed by atoms with E-state index in [4.69, 9.17) is 5.73 Å². The van der Waals surface area contributed by atoms with Gasteiger partial charge in [0.15, 0.2) is 5.96 Å². The summed E-state index contributed by atoms with van der Waals surface area (Å²) in [6.45, 7) is 9.09. The van der Waals surface area contributed by atoms with Crippen LogP contribution in [0.15, 0.2) is 23.3 Å². The Morgan fingerprint density at radius 2 is 1.97 bits per heavy atom. The molecular weight excluding hydrogens is 503 g/mol. The number of anilines is 1. The molecule has 0 spiro atoms. The van der Waals surface area contributed by atoms with Crippen molar-refractivity contribution in [1.29, 1.82) is 0 Å². The Balaban J connectivity index is 0.00000341. The summed E-state index contributed by atoms with van der Waals surface area (Å²) in [7, 11) is 1.87. The number of hydrogen-bond donors (Lipinski definition) is 2. The summed E-state index contributed by atoms with van der Waals surface area (Å²) in [6, 6.07) is 4.11. The van der Waals surface area contributed by atoms with Crippen molar-refractivity contribution in [3.63, 3.8) is 0 Å². The average molecular weight is 543 g/mol. The highest BCUT2D eigenvalue weighted by Crippen LogP contribution is 2.29. The van der Waals surface area contributed by atoms with Crippen LogP contribution in [0, 0.1) is 17.8 Å². The van der Waals surface area contributed by atoms with Gasteiger partial charge in [-0.2, -0.15) is 0 Å². The van der Waals surface area contributed by atoms with E-state index in [1.807, 2.05) is 19.3 Å². The number of amides is 1. The Morgan fingerprint density at radius 3 is 2.58 bits per heavy atom. The molecule has 2 fully saturated rings. The number of nitrogens with one attached hydrogen (secondary N) is 1. The van der Waals surface area contributed by atoms with Crippen molar-refractivity contribution in [2.24, 2.45) is 28.5 Å². The monoisotopic (exact) mass is 542 g/mol. The fourth-order valence-electron chi connectivity index (χ4n) is 5.06. The number of halogens is 1. The van der Waals surface area contributed by atoms with E-state index >= 15 is 0 Å². The van der Waals surface area contributed by atoms with Crippen LogP contribution in [0.2, 0.25) is 0 Å². The summed E-state index contributed by atoms with van der Waals surface area (Å²) in [5.41, 5.74) is 6.64. The first-order valence-corrected chi connectivity index (χ1v) is 11.5. The molecule has 0 aliphatic carbocycles. The van der Waals surface area contributed by atoms with E-state index in [0.717, 1.165) is 68.2 Å². The van der Waals surface area contributed by atoms with Crippen LogP contribution < -0.4 is 16.0 Å². The number of piperidine rings is 1. The van der Waals surface area contributed by atoms with Crippen LogP contribution in [0.3, 0.4) is 0 Å². The van der Waals surface area contributed by atoms with Gasteiger partial charge in [0.1, 0.15) is 5.82 Å². The second-order valence-corrected chi connectivity index (χ2v) is 8.62. The third-order valence-corrected chi connectivity index (χ3v) is 6.95. The molecule has 2 saturated heterocycles. The van der Waals surface area contributed by atoms with Crippen molar-refractivity contribution in [2.45, 2.75) is 52.5 Å². The number of nitrogens with two attached hydrogens (primary N) is 1. The third kappa shape index (κ3) is 6.46. The number of nitrogens with zero attached hydrogens (tertiary/aromatic N) is 4. The standard InChI is InChI=1S/C23H38N6O.HI/c1-4-17(5-2)20-10-14-29(16-20)23(25-3)27-15-19-7-6-11-26-22(19)28-12-8-18(9-13-28)21(24)30;/h6-7,11,17-18,20H,4-5,8-10,12-16H2,1-3H3,(H2,24,30)(H,25,27);1H. The molecule has 31 heavy (non-hydrogen) atoms. The van der Waals surface area contributed by atoms with Gasteiger partial charge in [-0.1, -0.05) is 32.8 Å². The fraction of sp³-hybridized carbons (Fsp3) is 0.696. The Kier molecular flexibility index (Phi) is 10.3. The molecule has 0 radical (unpaired) electrons. The van der Waals surface area contributed by atoms with E-state index < -0.39 is 0 Å². The zero-order valence-corrected chi connectivity index (χ0v) is 21.5. The number of guanidine groups is 1. The first kappa shape index (κ1) is 25.7. The second kappa shape index (κ2) is 12.5. The van der Waals surface area contributed by atoms with Gasteiger partial charge in [-0.15, -0.1) is 24.0 Å². The zero-order valence-electron chi connectivity index (χ0n) is 19.2. The molecule has 0 aromatic carbocycles. The summed E-state index contributed by atoms with van der Waals surface area (Å²) in [5.74, 6) is 3.35. The minimum Gasteiger partial charge on any atom is -0.369 e. The van der Waals surface area contributed by atoms with E-state index in [0.29, 0.717) is 6.54 Å². The molecule has 0 saturated carbocycles. The van der Waals surface area contributed by atoms with Gasteiger partial charge < -0.3 is 20.9 Å². The van der Waals surface area contributed by atoms with E-state index in [2.05, 4.69) is 45.0 Å². The Labute approximate surface area is 204 Å². The number of carbonyl (C=O) groups excluding carboxylic acids is 1. The van der Waals surface area contributed by atoms with Gasteiger partial charge in [-0.3, -0.25) is 9.79 Å². The molecule has 1 atom stereocenters. The molecular formula is C23H39IN6O. The molecule has 1 unspecified atom stereocenters. The normalized spacial score (nSPS) is 20.1. The Hall–Kier alpha value is -1.58. The van der Waals surface area contributed by atoms with Gasteiger partial charge in [0.05, 0.1) is 0 Å². The molecule has 174 valence electrons. The predicted octanol–water partition coefficient (Wildman–Crippen LogP) is 3.23. The lowest BCUT2D eigenvalue weighted by Gasteiger charge is -2.33. The molecule has 7 nitrogen and oxygen atoms in total. The topological polar surface area (TPSA) is 86.8 Å². The number of likely N-dealkylation sites (tertiary alicyclic amines) is 1. The van der Waals surface area contributed by atoms with Gasteiger partial charge in [-0.25, -0.2) is 4.98 Å². The van der Waals surface area contributed by atoms with Crippen molar-refractivity contribution in [1.82, 2.24) is 15.2 Å². The largest absolute Gasteiger partial charge is 0.369 e. The first-order valence-electron chi connectivity index (χ1n) is 11.5. The summed E-state index contributed by atoms with van der Waals surface area (Å²) in [5, 5.41) is 3.56. The van der Waals surface area contributed by atoms with E-state index in [9.17, 15) is 4.79 Å². The Morgan fingerprint density at radius 1 is 1.26 bits per heavy atom. The molecule has 0 bridgehead atoms. The maximum Gasteiger partial charge on any atom is 0.220 e. The van der Waals surface area contributed by atoms with Crippen LogP contribution in [0.5, 0.6) is 0 Å². The Bertz CT molecular complexity index is 731. The van der Waals surface area contributed by atoms with Crippen molar-refractivity contribution in [2.75, 3.05) is 38.1 Å². The van der Waals surface area contributed by atoms with Crippen LogP contribution in [0.1, 0.15) is 51.5 Å².